The van der Waals surface area contributed by atoms with Gasteiger partial charge >= 0.3 is 5.69 Å². The van der Waals surface area contributed by atoms with Crippen LogP contribution in [0.2, 0.25) is 0 Å². The molecule has 19 heavy (non-hydrogen) atoms. The fourth-order valence-corrected chi connectivity index (χ4v) is 1.52. The Bertz CT molecular complexity index is 524. The molecule has 0 amide bonds. The Morgan fingerprint density at radius 2 is 2.47 bits per heavy atom. The van der Waals surface area contributed by atoms with E-state index in [1.807, 2.05) is 0 Å². The quantitative estimate of drug-likeness (QED) is 0.532. The number of aromatic nitrogens is 3. The summed E-state index contributed by atoms with van der Waals surface area (Å²) in [6.45, 7) is 0.946. The first kappa shape index (κ1) is 13.2. The Hall–Kier alpha value is -2.26. The van der Waals surface area contributed by atoms with Crippen molar-refractivity contribution in [2.75, 3.05) is 6.54 Å². The van der Waals surface area contributed by atoms with Crippen molar-refractivity contribution in [3.63, 3.8) is 0 Å². The van der Waals surface area contributed by atoms with Gasteiger partial charge in [-0.2, -0.15) is 5.10 Å². The van der Waals surface area contributed by atoms with Crippen molar-refractivity contribution < 1.29 is 14.6 Å². The van der Waals surface area contributed by atoms with Crippen LogP contribution in [-0.2, 0) is 13.1 Å². The minimum atomic E-state index is -0.706. The van der Waals surface area contributed by atoms with E-state index in [2.05, 4.69) is 15.6 Å². The smallest absolute Gasteiger partial charge is 0.306 e. The van der Waals surface area contributed by atoms with E-state index in [0.717, 1.165) is 6.20 Å². The maximum absolute atomic E-state index is 10.5. The molecule has 2 N–H and O–H groups in total. The molecule has 0 radical (unpaired) electrons. The molecule has 1 atom stereocenters. The van der Waals surface area contributed by atoms with Crippen LogP contribution in [0.15, 0.2) is 29.2 Å². The second-order valence-electron chi connectivity index (χ2n) is 3.94. The minimum absolute atomic E-state index is 0.0955. The molecule has 2 aromatic heterocycles. The maximum Gasteiger partial charge on any atom is 0.306 e. The van der Waals surface area contributed by atoms with E-state index in [1.165, 1.54) is 17.1 Å². The molecular formula is C10H13N5O4. The van der Waals surface area contributed by atoms with Gasteiger partial charge in [0.05, 0.1) is 30.3 Å². The molecular weight excluding hydrogens is 254 g/mol. The molecule has 0 aliphatic carbocycles. The molecule has 9 heteroatoms. The number of hydrogen-bond donors (Lipinski definition) is 2. The minimum Gasteiger partial charge on any atom is -0.390 e. The van der Waals surface area contributed by atoms with E-state index in [9.17, 15) is 15.2 Å². The van der Waals surface area contributed by atoms with Crippen molar-refractivity contribution in [3.05, 3.63) is 40.5 Å². The Kier molecular flexibility index (Phi) is 4.21. The molecule has 0 aliphatic rings. The average molecular weight is 267 g/mol. The number of hydrogen-bond acceptors (Lipinski definition) is 7. The summed E-state index contributed by atoms with van der Waals surface area (Å²) in [5.41, 5.74) is -0.0955. The van der Waals surface area contributed by atoms with Gasteiger partial charge in [0, 0.05) is 12.6 Å². The average Bonchev–Trinajstić information content (AvgIpc) is 3.00. The third kappa shape index (κ3) is 3.86. The van der Waals surface area contributed by atoms with Gasteiger partial charge in [0.25, 0.3) is 0 Å². The largest absolute Gasteiger partial charge is 0.390 e. The van der Waals surface area contributed by atoms with E-state index in [-0.39, 0.29) is 12.2 Å². The molecule has 2 aromatic rings. The van der Waals surface area contributed by atoms with Crippen LogP contribution in [0.25, 0.3) is 0 Å². The first-order valence-electron chi connectivity index (χ1n) is 5.60. The highest BCUT2D eigenvalue weighted by Gasteiger charge is 2.11. The summed E-state index contributed by atoms with van der Waals surface area (Å²) in [5, 5.41) is 30.5. The zero-order chi connectivity index (χ0) is 13.7. The van der Waals surface area contributed by atoms with Crippen LogP contribution in [-0.4, -0.2) is 37.6 Å². The molecule has 0 saturated heterocycles. The van der Waals surface area contributed by atoms with Crippen molar-refractivity contribution in [3.8, 4) is 0 Å². The molecule has 0 aromatic carbocycles. The van der Waals surface area contributed by atoms with Gasteiger partial charge < -0.3 is 14.9 Å². The fraction of sp³-hybridized carbons (Fsp3) is 0.400. The normalized spacial score (nSPS) is 12.5. The summed E-state index contributed by atoms with van der Waals surface area (Å²) in [7, 11) is 0. The van der Waals surface area contributed by atoms with Gasteiger partial charge in [0.2, 0.25) is 0 Å². The number of nitrogens with one attached hydrogen (secondary N) is 1. The molecule has 0 fully saturated rings. The molecule has 0 bridgehead atoms. The summed E-state index contributed by atoms with van der Waals surface area (Å²) in [5.74, 6) is 0.668. The predicted octanol–water partition coefficient (Wildman–Crippen LogP) is -0.0700. The predicted molar refractivity (Wildman–Crippen MR) is 63.1 cm³/mol. The summed E-state index contributed by atoms with van der Waals surface area (Å²) < 4.78 is 6.21. The molecule has 0 saturated carbocycles. The number of aliphatic hydroxyl groups is 1. The second-order valence-corrected chi connectivity index (χ2v) is 3.94. The Morgan fingerprint density at radius 1 is 1.63 bits per heavy atom. The van der Waals surface area contributed by atoms with Crippen molar-refractivity contribution >= 4 is 5.69 Å². The second kappa shape index (κ2) is 6.07. The number of rotatable bonds is 7. The third-order valence-corrected chi connectivity index (χ3v) is 2.40. The number of aliphatic hydroxyl groups excluding tert-OH is 1. The highest BCUT2D eigenvalue weighted by molar-refractivity contribution is 5.20. The van der Waals surface area contributed by atoms with Crippen LogP contribution in [0.5, 0.6) is 0 Å². The summed E-state index contributed by atoms with van der Waals surface area (Å²) >= 11 is 0. The lowest BCUT2D eigenvalue weighted by Crippen LogP contribution is -2.30. The van der Waals surface area contributed by atoms with Gasteiger partial charge in [-0.15, -0.1) is 0 Å². The molecule has 9 nitrogen and oxygen atoms in total. The van der Waals surface area contributed by atoms with E-state index >= 15 is 0 Å². The van der Waals surface area contributed by atoms with Crippen molar-refractivity contribution in [1.29, 1.82) is 0 Å². The van der Waals surface area contributed by atoms with Crippen LogP contribution in [0.1, 0.15) is 5.76 Å². The van der Waals surface area contributed by atoms with Gasteiger partial charge in [-0.1, -0.05) is 5.16 Å². The Morgan fingerprint density at radius 3 is 3.11 bits per heavy atom. The standard InChI is InChI=1S/C10H13N5O4/c16-9(4-11-5-10-1-2-13-19-10)7-14-6-8(3-12-14)15(17)18/h1-3,6,9,11,16H,4-5,7H2. The van der Waals surface area contributed by atoms with Gasteiger partial charge in [0.15, 0.2) is 0 Å². The van der Waals surface area contributed by atoms with Crippen LogP contribution >= 0.6 is 0 Å². The van der Waals surface area contributed by atoms with Gasteiger partial charge in [-0.3, -0.25) is 14.8 Å². The number of nitro groups is 1. The topological polar surface area (TPSA) is 119 Å². The Balaban J connectivity index is 1.74. The zero-order valence-electron chi connectivity index (χ0n) is 9.97. The fourth-order valence-electron chi connectivity index (χ4n) is 1.52. The van der Waals surface area contributed by atoms with Crippen LogP contribution in [0, 0.1) is 10.1 Å². The lowest BCUT2D eigenvalue weighted by Gasteiger charge is -2.10. The van der Waals surface area contributed by atoms with Gasteiger partial charge in [-0.05, 0) is 0 Å². The molecule has 2 rings (SSSR count). The monoisotopic (exact) mass is 267 g/mol. The van der Waals surface area contributed by atoms with Crippen LogP contribution in [0.3, 0.4) is 0 Å². The van der Waals surface area contributed by atoms with E-state index < -0.39 is 11.0 Å². The highest BCUT2D eigenvalue weighted by Crippen LogP contribution is 2.07. The van der Waals surface area contributed by atoms with Crippen molar-refractivity contribution in [2.24, 2.45) is 0 Å². The first-order chi connectivity index (χ1) is 9.15. The lowest BCUT2D eigenvalue weighted by molar-refractivity contribution is -0.385. The van der Waals surface area contributed by atoms with Crippen molar-refractivity contribution in [1.82, 2.24) is 20.3 Å². The highest BCUT2D eigenvalue weighted by atomic mass is 16.6. The van der Waals surface area contributed by atoms with Crippen molar-refractivity contribution in [2.45, 2.75) is 19.2 Å². The molecule has 102 valence electrons. The van der Waals surface area contributed by atoms with E-state index in [4.69, 9.17) is 4.52 Å². The summed E-state index contributed by atoms with van der Waals surface area (Å²) in [6.07, 6.45) is 3.26. The third-order valence-electron chi connectivity index (χ3n) is 2.40. The zero-order valence-corrected chi connectivity index (χ0v) is 9.97. The van der Waals surface area contributed by atoms with Crippen LogP contribution in [0.4, 0.5) is 5.69 Å². The first-order valence-corrected chi connectivity index (χ1v) is 5.60. The Labute approximate surface area is 108 Å². The van der Waals surface area contributed by atoms with Crippen LogP contribution < -0.4 is 5.32 Å². The summed E-state index contributed by atoms with van der Waals surface area (Å²) in [6, 6.07) is 1.72. The maximum atomic E-state index is 10.5. The molecule has 0 aliphatic heterocycles. The lowest BCUT2D eigenvalue weighted by atomic mass is 10.3. The van der Waals surface area contributed by atoms with Gasteiger partial charge in [0.1, 0.15) is 18.2 Å². The summed E-state index contributed by atoms with van der Waals surface area (Å²) in [4.78, 5) is 9.93. The van der Waals surface area contributed by atoms with Gasteiger partial charge in [-0.25, -0.2) is 0 Å². The molecule has 1 unspecified atom stereocenters. The van der Waals surface area contributed by atoms with E-state index in [0.29, 0.717) is 18.8 Å². The van der Waals surface area contributed by atoms with E-state index in [1.54, 1.807) is 6.07 Å². The molecule has 2 heterocycles. The SMILES string of the molecule is O=[N+]([O-])c1cnn(CC(O)CNCc2ccno2)c1. The molecule has 0 spiro atoms. The number of nitrogens with zero attached hydrogens (tertiary/aromatic N) is 4.